The summed E-state index contributed by atoms with van der Waals surface area (Å²) in [5, 5.41) is 1.90. The first-order valence-electron chi connectivity index (χ1n) is 9.09. The number of pyridine rings is 1. The lowest BCUT2D eigenvalue weighted by Crippen LogP contribution is -2.38. The van der Waals surface area contributed by atoms with Gasteiger partial charge in [-0.1, -0.05) is 37.8 Å². The highest BCUT2D eigenvalue weighted by atomic mass is 32.2. The second-order valence-electron chi connectivity index (χ2n) is 7.76. The van der Waals surface area contributed by atoms with Gasteiger partial charge in [-0.25, -0.2) is 27.3 Å². The molecule has 0 saturated carbocycles. The quantitative estimate of drug-likeness (QED) is 0.506. The smallest absolute Gasteiger partial charge is 0.269 e. The van der Waals surface area contributed by atoms with Crippen LogP contribution in [0.2, 0.25) is 19.6 Å². The molecule has 1 aromatic carbocycles. The number of nitrogen functional groups attached to an aromatic ring is 1. The molecule has 0 bridgehead atoms. The summed E-state index contributed by atoms with van der Waals surface area (Å²) in [5.41, 5.74) is 7.43. The van der Waals surface area contributed by atoms with Crippen LogP contribution in [0.15, 0.2) is 66.0 Å². The Morgan fingerprint density at radius 1 is 0.966 bits per heavy atom. The summed E-state index contributed by atoms with van der Waals surface area (Å²) in [4.78, 5) is 12.9. The Morgan fingerprint density at radius 2 is 1.66 bits per heavy atom. The maximum atomic E-state index is 13.4. The van der Waals surface area contributed by atoms with Gasteiger partial charge in [-0.15, -0.1) is 0 Å². The van der Waals surface area contributed by atoms with Crippen LogP contribution in [-0.4, -0.2) is 35.4 Å². The van der Waals surface area contributed by atoms with E-state index in [1.807, 2.05) is 6.07 Å². The molecule has 3 heterocycles. The van der Waals surface area contributed by atoms with E-state index in [1.54, 1.807) is 55.0 Å². The normalized spacial score (nSPS) is 12.4. The van der Waals surface area contributed by atoms with Crippen molar-refractivity contribution in [1.29, 1.82) is 0 Å². The maximum absolute atomic E-state index is 13.4. The van der Waals surface area contributed by atoms with Gasteiger partial charge in [0, 0.05) is 29.5 Å². The first kappa shape index (κ1) is 19.3. The van der Waals surface area contributed by atoms with E-state index >= 15 is 0 Å². The van der Waals surface area contributed by atoms with Gasteiger partial charge in [0.15, 0.2) is 5.65 Å². The van der Waals surface area contributed by atoms with Crippen molar-refractivity contribution in [2.75, 3.05) is 5.73 Å². The molecule has 0 aliphatic heterocycles. The molecule has 148 valence electrons. The van der Waals surface area contributed by atoms with Crippen LogP contribution in [0.1, 0.15) is 0 Å². The summed E-state index contributed by atoms with van der Waals surface area (Å²) in [6, 6.07) is 12.0. The van der Waals surface area contributed by atoms with Gasteiger partial charge in [0.05, 0.1) is 18.7 Å². The SMILES string of the molecule is C[Si](C)(C)c1ccnc2c1c(-c1ccnc(N)n1)cn2S(=O)(=O)c1ccccc1. The van der Waals surface area contributed by atoms with Crippen LogP contribution in [0.3, 0.4) is 0 Å². The Labute approximate surface area is 170 Å². The highest BCUT2D eigenvalue weighted by Crippen LogP contribution is 2.31. The Morgan fingerprint density at radius 3 is 2.31 bits per heavy atom. The van der Waals surface area contributed by atoms with Gasteiger partial charge >= 0.3 is 0 Å². The van der Waals surface area contributed by atoms with Gasteiger partial charge in [0.2, 0.25) is 5.95 Å². The highest BCUT2D eigenvalue weighted by Gasteiger charge is 2.28. The number of nitrogens with zero attached hydrogens (tertiary/aromatic N) is 4. The van der Waals surface area contributed by atoms with Crippen LogP contribution in [0, 0.1) is 0 Å². The maximum Gasteiger partial charge on any atom is 0.269 e. The van der Waals surface area contributed by atoms with Gasteiger partial charge in [-0.3, -0.25) is 0 Å². The van der Waals surface area contributed by atoms with Crippen molar-refractivity contribution in [3.8, 4) is 11.3 Å². The summed E-state index contributed by atoms with van der Waals surface area (Å²) >= 11 is 0. The molecule has 0 aliphatic carbocycles. The fourth-order valence-corrected chi connectivity index (χ4v) is 6.27. The molecule has 0 aliphatic rings. The fraction of sp³-hybridized carbons (Fsp3) is 0.150. The average Bonchev–Trinajstić information content (AvgIpc) is 3.08. The molecule has 29 heavy (non-hydrogen) atoms. The zero-order chi connectivity index (χ0) is 20.8. The van der Waals surface area contributed by atoms with Gasteiger partial charge in [0.1, 0.15) is 0 Å². The Balaban J connectivity index is 2.11. The van der Waals surface area contributed by atoms with Crippen LogP contribution in [-0.2, 0) is 10.0 Å². The second-order valence-corrected chi connectivity index (χ2v) is 14.6. The molecule has 0 fully saturated rings. The molecule has 4 rings (SSSR count). The van der Waals surface area contributed by atoms with Crippen LogP contribution in [0.5, 0.6) is 0 Å². The summed E-state index contributed by atoms with van der Waals surface area (Å²) in [7, 11) is -5.65. The van der Waals surface area contributed by atoms with Crippen molar-refractivity contribution in [2.24, 2.45) is 0 Å². The lowest BCUT2D eigenvalue weighted by Gasteiger charge is -2.18. The number of aromatic nitrogens is 4. The largest absolute Gasteiger partial charge is 0.368 e. The number of hydrogen-bond acceptors (Lipinski definition) is 6. The minimum Gasteiger partial charge on any atom is -0.368 e. The lowest BCUT2D eigenvalue weighted by atomic mass is 10.1. The van der Waals surface area contributed by atoms with E-state index in [0.29, 0.717) is 16.9 Å². The molecule has 0 amide bonds. The van der Waals surface area contributed by atoms with Gasteiger partial charge in [-0.2, -0.15) is 0 Å². The highest BCUT2D eigenvalue weighted by molar-refractivity contribution is 7.90. The molecule has 3 aromatic heterocycles. The molecule has 0 spiro atoms. The lowest BCUT2D eigenvalue weighted by molar-refractivity contribution is 0.589. The number of fused-ring (bicyclic) bond motifs is 1. The van der Waals surface area contributed by atoms with Crippen LogP contribution < -0.4 is 10.9 Å². The number of hydrogen-bond donors (Lipinski definition) is 1. The monoisotopic (exact) mass is 423 g/mol. The number of nitrogens with two attached hydrogens (primary N) is 1. The van der Waals surface area contributed by atoms with Crippen molar-refractivity contribution >= 4 is 40.3 Å². The van der Waals surface area contributed by atoms with Gasteiger partial charge < -0.3 is 5.73 Å². The van der Waals surface area contributed by atoms with E-state index in [9.17, 15) is 8.42 Å². The van der Waals surface area contributed by atoms with Crippen molar-refractivity contribution in [2.45, 2.75) is 24.5 Å². The van der Waals surface area contributed by atoms with Crippen LogP contribution in [0.4, 0.5) is 5.95 Å². The first-order chi connectivity index (χ1) is 13.7. The average molecular weight is 424 g/mol. The topological polar surface area (TPSA) is 104 Å². The Kier molecular flexibility index (Phi) is 4.51. The predicted molar refractivity (Wildman–Crippen MR) is 117 cm³/mol. The molecule has 4 aromatic rings. The fourth-order valence-electron chi connectivity index (χ4n) is 3.36. The van der Waals surface area contributed by atoms with Gasteiger partial charge in [0.25, 0.3) is 10.0 Å². The molecule has 0 atom stereocenters. The van der Waals surface area contributed by atoms with E-state index in [0.717, 1.165) is 10.6 Å². The van der Waals surface area contributed by atoms with E-state index in [-0.39, 0.29) is 10.8 Å². The van der Waals surface area contributed by atoms with E-state index in [4.69, 9.17) is 5.73 Å². The van der Waals surface area contributed by atoms with Crippen molar-refractivity contribution < 1.29 is 8.42 Å². The summed E-state index contributed by atoms with van der Waals surface area (Å²) < 4.78 is 28.0. The van der Waals surface area contributed by atoms with Crippen molar-refractivity contribution in [3.05, 3.63) is 61.1 Å². The van der Waals surface area contributed by atoms with Crippen molar-refractivity contribution in [1.82, 2.24) is 18.9 Å². The first-order valence-corrected chi connectivity index (χ1v) is 14.0. The number of benzene rings is 1. The summed E-state index contributed by atoms with van der Waals surface area (Å²) in [6.45, 7) is 6.63. The molecule has 0 unspecified atom stereocenters. The molecule has 9 heteroatoms. The summed E-state index contributed by atoms with van der Waals surface area (Å²) in [5.74, 6) is 0.132. The zero-order valence-corrected chi connectivity index (χ0v) is 18.2. The van der Waals surface area contributed by atoms with Crippen LogP contribution >= 0.6 is 0 Å². The molecular formula is C20H21N5O2SSi. The van der Waals surface area contributed by atoms with E-state index in [1.165, 1.54) is 3.97 Å². The third-order valence-corrected chi connectivity index (χ3v) is 8.41. The minimum absolute atomic E-state index is 0.132. The minimum atomic E-state index is -3.83. The predicted octanol–water partition coefficient (Wildman–Crippen LogP) is 2.86. The third kappa shape index (κ3) is 3.32. The number of rotatable bonds is 4. The third-order valence-electron chi connectivity index (χ3n) is 4.71. The standard InChI is InChI=1S/C20H21N5O2SSi/c1-29(2,3)17-10-12-22-19-18(17)15(16-9-11-23-20(21)24-16)13-25(19)28(26,27)14-7-5-4-6-8-14/h4-13H,1-3H3,(H2,21,23,24). The number of anilines is 1. The van der Waals surface area contributed by atoms with Crippen molar-refractivity contribution in [3.63, 3.8) is 0 Å². The van der Waals surface area contributed by atoms with E-state index in [2.05, 4.69) is 34.6 Å². The summed E-state index contributed by atoms with van der Waals surface area (Å²) in [6.07, 6.45) is 4.83. The second kappa shape index (κ2) is 6.78. The molecule has 0 saturated heterocycles. The molecular weight excluding hydrogens is 402 g/mol. The Hall–Kier alpha value is -3.04. The van der Waals surface area contributed by atoms with Crippen LogP contribution in [0.25, 0.3) is 22.3 Å². The van der Waals surface area contributed by atoms with E-state index < -0.39 is 18.1 Å². The molecule has 2 N–H and O–H groups in total. The van der Waals surface area contributed by atoms with Gasteiger partial charge in [-0.05, 0) is 29.5 Å². The zero-order valence-electron chi connectivity index (χ0n) is 16.4. The molecule has 7 nitrogen and oxygen atoms in total. The molecule has 0 radical (unpaired) electrons. The Bertz CT molecular complexity index is 1310.